The van der Waals surface area contributed by atoms with Gasteiger partial charge in [-0.2, -0.15) is 0 Å². The SMILES string of the molecule is CNC(=O)CCOc1ccc(CNC(C)(C)C)nc1. The molecule has 19 heavy (non-hydrogen) atoms. The number of pyridine rings is 1. The number of aromatic nitrogens is 1. The molecule has 0 atom stereocenters. The summed E-state index contributed by atoms with van der Waals surface area (Å²) in [5.74, 6) is 0.655. The second-order valence-corrected chi connectivity index (χ2v) is 5.36. The Bertz CT molecular complexity index is 396. The van der Waals surface area contributed by atoms with Gasteiger partial charge in [0.2, 0.25) is 5.91 Å². The van der Waals surface area contributed by atoms with E-state index in [1.165, 1.54) is 0 Å². The van der Waals surface area contributed by atoms with Crippen molar-refractivity contribution >= 4 is 5.91 Å². The Morgan fingerprint density at radius 3 is 2.63 bits per heavy atom. The van der Waals surface area contributed by atoms with Gasteiger partial charge in [-0.3, -0.25) is 9.78 Å². The standard InChI is InChI=1S/C14H23N3O2/c1-14(2,3)17-9-11-5-6-12(10-16-11)19-8-7-13(18)15-4/h5-6,10,17H,7-9H2,1-4H3,(H,15,18). The van der Waals surface area contributed by atoms with E-state index in [9.17, 15) is 4.79 Å². The van der Waals surface area contributed by atoms with Crippen LogP contribution in [0.2, 0.25) is 0 Å². The molecule has 0 spiro atoms. The van der Waals surface area contributed by atoms with Gasteiger partial charge in [-0.1, -0.05) is 0 Å². The van der Waals surface area contributed by atoms with Crippen molar-refractivity contribution in [1.82, 2.24) is 15.6 Å². The van der Waals surface area contributed by atoms with Crippen molar-refractivity contribution in [3.05, 3.63) is 24.0 Å². The van der Waals surface area contributed by atoms with E-state index in [1.54, 1.807) is 13.2 Å². The van der Waals surface area contributed by atoms with Gasteiger partial charge in [0.15, 0.2) is 0 Å². The Kier molecular flexibility index (Phi) is 5.76. The molecule has 106 valence electrons. The van der Waals surface area contributed by atoms with Crippen LogP contribution in [0.15, 0.2) is 18.3 Å². The van der Waals surface area contributed by atoms with Crippen molar-refractivity contribution in [2.24, 2.45) is 0 Å². The van der Waals surface area contributed by atoms with Gasteiger partial charge >= 0.3 is 0 Å². The molecule has 0 unspecified atom stereocenters. The predicted molar refractivity (Wildman–Crippen MR) is 75.0 cm³/mol. The normalized spacial score (nSPS) is 11.2. The molecule has 1 aromatic rings. The Morgan fingerprint density at radius 2 is 2.11 bits per heavy atom. The number of ether oxygens (including phenoxy) is 1. The molecular formula is C14H23N3O2. The topological polar surface area (TPSA) is 63.2 Å². The summed E-state index contributed by atoms with van der Waals surface area (Å²) in [5.41, 5.74) is 1.04. The largest absolute Gasteiger partial charge is 0.491 e. The first kappa shape index (κ1) is 15.4. The van der Waals surface area contributed by atoms with Gasteiger partial charge in [0.25, 0.3) is 0 Å². The highest BCUT2D eigenvalue weighted by Crippen LogP contribution is 2.10. The number of carbonyl (C=O) groups excluding carboxylic acids is 1. The highest BCUT2D eigenvalue weighted by Gasteiger charge is 2.08. The van der Waals surface area contributed by atoms with E-state index >= 15 is 0 Å². The summed E-state index contributed by atoms with van der Waals surface area (Å²) in [7, 11) is 1.61. The maximum absolute atomic E-state index is 11.0. The number of carbonyl (C=O) groups is 1. The molecule has 0 bridgehead atoms. The predicted octanol–water partition coefficient (Wildman–Crippen LogP) is 1.48. The van der Waals surface area contributed by atoms with Gasteiger partial charge in [0.1, 0.15) is 5.75 Å². The molecule has 2 N–H and O–H groups in total. The lowest BCUT2D eigenvalue weighted by molar-refractivity contribution is -0.121. The van der Waals surface area contributed by atoms with E-state index in [-0.39, 0.29) is 11.4 Å². The quantitative estimate of drug-likeness (QED) is 0.818. The molecule has 0 saturated heterocycles. The smallest absolute Gasteiger partial charge is 0.223 e. The number of rotatable bonds is 6. The number of nitrogens with one attached hydrogen (secondary N) is 2. The molecule has 0 fully saturated rings. The lowest BCUT2D eigenvalue weighted by Crippen LogP contribution is -2.35. The van der Waals surface area contributed by atoms with Crippen LogP contribution in [0.5, 0.6) is 5.75 Å². The molecule has 1 amide bonds. The minimum Gasteiger partial charge on any atom is -0.491 e. The van der Waals surface area contributed by atoms with Gasteiger partial charge in [-0.05, 0) is 32.9 Å². The molecule has 0 saturated carbocycles. The third kappa shape index (κ3) is 6.76. The van der Waals surface area contributed by atoms with Gasteiger partial charge in [-0.15, -0.1) is 0 Å². The second kappa shape index (κ2) is 7.09. The summed E-state index contributed by atoms with van der Waals surface area (Å²) < 4.78 is 5.44. The van der Waals surface area contributed by atoms with E-state index in [0.29, 0.717) is 18.8 Å². The Balaban J connectivity index is 2.37. The number of hydrogen-bond acceptors (Lipinski definition) is 4. The Hall–Kier alpha value is -1.62. The maximum Gasteiger partial charge on any atom is 0.223 e. The minimum atomic E-state index is -0.0287. The van der Waals surface area contributed by atoms with Gasteiger partial charge in [-0.25, -0.2) is 0 Å². The van der Waals surface area contributed by atoms with Crippen LogP contribution in [-0.4, -0.2) is 30.1 Å². The first-order valence-electron chi connectivity index (χ1n) is 6.44. The molecule has 0 radical (unpaired) electrons. The molecule has 0 aromatic carbocycles. The van der Waals surface area contributed by atoms with Gasteiger partial charge in [0.05, 0.1) is 24.9 Å². The van der Waals surface area contributed by atoms with Crippen LogP contribution in [0.25, 0.3) is 0 Å². The van der Waals surface area contributed by atoms with Crippen LogP contribution in [-0.2, 0) is 11.3 Å². The maximum atomic E-state index is 11.0. The molecule has 5 heteroatoms. The second-order valence-electron chi connectivity index (χ2n) is 5.36. The Labute approximate surface area is 114 Å². The molecule has 1 heterocycles. The molecule has 0 aliphatic heterocycles. The summed E-state index contributed by atoms with van der Waals surface area (Å²) in [5, 5.41) is 5.92. The number of amides is 1. The van der Waals surface area contributed by atoms with Crippen molar-refractivity contribution in [2.45, 2.75) is 39.3 Å². The zero-order chi connectivity index (χ0) is 14.3. The average molecular weight is 265 g/mol. The van der Waals surface area contributed by atoms with E-state index < -0.39 is 0 Å². The molecule has 1 aromatic heterocycles. The average Bonchev–Trinajstić information content (AvgIpc) is 2.36. The summed E-state index contributed by atoms with van der Waals surface area (Å²) in [6.07, 6.45) is 2.04. The first-order chi connectivity index (χ1) is 8.90. The highest BCUT2D eigenvalue weighted by atomic mass is 16.5. The van der Waals surface area contributed by atoms with Crippen LogP contribution in [0.3, 0.4) is 0 Å². The molecular weight excluding hydrogens is 242 g/mol. The summed E-state index contributed by atoms with van der Waals surface area (Å²) in [6, 6.07) is 3.80. The van der Waals surface area contributed by atoms with Crippen LogP contribution < -0.4 is 15.4 Å². The number of nitrogens with zero attached hydrogens (tertiary/aromatic N) is 1. The fraction of sp³-hybridized carbons (Fsp3) is 0.571. The zero-order valence-corrected chi connectivity index (χ0v) is 12.1. The minimum absolute atomic E-state index is 0.0287. The fourth-order valence-electron chi connectivity index (χ4n) is 1.34. The number of hydrogen-bond donors (Lipinski definition) is 2. The zero-order valence-electron chi connectivity index (χ0n) is 12.1. The highest BCUT2D eigenvalue weighted by molar-refractivity contribution is 5.75. The molecule has 0 aliphatic carbocycles. The summed E-state index contributed by atoms with van der Waals surface area (Å²) in [4.78, 5) is 15.3. The third-order valence-electron chi connectivity index (χ3n) is 2.47. The van der Waals surface area contributed by atoms with E-state index in [2.05, 4.69) is 36.4 Å². The van der Waals surface area contributed by atoms with E-state index in [4.69, 9.17) is 4.74 Å². The monoisotopic (exact) mass is 265 g/mol. The van der Waals surface area contributed by atoms with Crippen LogP contribution in [0.1, 0.15) is 32.9 Å². The first-order valence-corrected chi connectivity index (χ1v) is 6.44. The summed E-state index contributed by atoms with van der Waals surface area (Å²) in [6.45, 7) is 7.43. The van der Waals surface area contributed by atoms with Gasteiger partial charge in [0, 0.05) is 19.1 Å². The summed E-state index contributed by atoms with van der Waals surface area (Å²) >= 11 is 0. The van der Waals surface area contributed by atoms with E-state index in [1.807, 2.05) is 12.1 Å². The molecule has 0 aliphatic rings. The van der Waals surface area contributed by atoms with Crippen LogP contribution in [0.4, 0.5) is 0 Å². The molecule has 1 rings (SSSR count). The van der Waals surface area contributed by atoms with Crippen molar-refractivity contribution in [1.29, 1.82) is 0 Å². The fourth-order valence-corrected chi connectivity index (χ4v) is 1.34. The lowest BCUT2D eigenvalue weighted by atomic mass is 10.1. The van der Waals surface area contributed by atoms with Crippen LogP contribution >= 0.6 is 0 Å². The third-order valence-corrected chi connectivity index (χ3v) is 2.47. The Morgan fingerprint density at radius 1 is 1.37 bits per heavy atom. The van der Waals surface area contributed by atoms with Crippen molar-refractivity contribution in [2.75, 3.05) is 13.7 Å². The lowest BCUT2D eigenvalue weighted by Gasteiger charge is -2.20. The van der Waals surface area contributed by atoms with E-state index in [0.717, 1.165) is 12.2 Å². The molecule has 5 nitrogen and oxygen atoms in total. The van der Waals surface area contributed by atoms with Crippen molar-refractivity contribution in [3.8, 4) is 5.75 Å². The van der Waals surface area contributed by atoms with Crippen molar-refractivity contribution in [3.63, 3.8) is 0 Å². The van der Waals surface area contributed by atoms with Crippen molar-refractivity contribution < 1.29 is 9.53 Å². The van der Waals surface area contributed by atoms with Crippen LogP contribution in [0, 0.1) is 0 Å². The van der Waals surface area contributed by atoms with Gasteiger partial charge < -0.3 is 15.4 Å².